The van der Waals surface area contributed by atoms with E-state index in [1.807, 2.05) is 18.2 Å². The maximum atomic E-state index is 10.9. The van der Waals surface area contributed by atoms with Gasteiger partial charge in [0, 0.05) is 9.92 Å². The van der Waals surface area contributed by atoms with Crippen LogP contribution < -0.4 is 0 Å². The van der Waals surface area contributed by atoms with Crippen LogP contribution in [0.4, 0.5) is 0 Å². The van der Waals surface area contributed by atoms with E-state index in [2.05, 4.69) is 14.9 Å². The Bertz CT molecular complexity index is 701. The molecule has 1 aliphatic rings. The molecule has 3 rings (SSSR count). The summed E-state index contributed by atoms with van der Waals surface area (Å²) >= 11 is 7.47. The molecule has 1 heterocycles. The van der Waals surface area contributed by atoms with E-state index < -0.39 is 4.92 Å². The molecule has 0 aliphatic heterocycles. The Morgan fingerprint density at radius 2 is 2.30 bits per heavy atom. The topological polar surface area (TPSA) is 82.1 Å². The number of thioether (sulfide) groups is 1. The highest BCUT2D eigenvalue weighted by molar-refractivity contribution is 7.99. The highest BCUT2D eigenvalue weighted by atomic mass is 35.5. The van der Waals surface area contributed by atoms with E-state index in [1.54, 1.807) is 12.1 Å². The molecule has 8 heteroatoms. The highest BCUT2D eigenvalue weighted by Crippen LogP contribution is 2.43. The van der Waals surface area contributed by atoms with Gasteiger partial charge in [-0.25, -0.2) is 4.63 Å². The zero-order valence-corrected chi connectivity index (χ0v) is 11.6. The lowest BCUT2D eigenvalue weighted by molar-refractivity contribution is -0.376. The Labute approximate surface area is 122 Å². The number of nitrogens with zero attached hydrogens (tertiary/aromatic N) is 3. The van der Waals surface area contributed by atoms with Crippen LogP contribution in [0.3, 0.4) is 0 Å². The van der Waals surface area contributed by atoms with E-state index in [1.165, 1.54) is 11.8 Å². The van der Waals surface area contributed by atoms with Crippen molar-refractivity contribution in [3.8, 4) is 0 Å². The average Bonchev–Trinajstić information content (AvgIpc) is 2.88. The van der Waals surface area contributed by atoms with Crippen LogP contribution in [0.2, 0.25) is 5.02 Å². The van der Waals surface area contributed by atoms with E-state index in [0.717, 1.165) is 4.90 Å². The summed E-state index contributed by atoms with van der Waals surface area (Å²) in [7, 11) is 0. The van der Waals surface area contributed by atoms with E-state index >= 15 is 0 Å². The van der Waals surface area contributed by atoms with Crippen molar-refractivity contribution in [1.82, 2.24) is 10.3 Å². The standard InChI is InChI=1S/C12H8ClN3O3S/c13-7-2-1-3-8(6-7)20-10-5-4-9(16(17)18)11-12(10)15-19-14-11/h1-4,6,10H,5H2. The van der Waals surface area contributed by atoms with Gasteiger partial charge in [-0.05, 0) is 35.9 Å². The van der Waals surface area contributed by atoms with Crippen molar-refractivity contribution in [3.05, 3.63) is 56.9 Å². The van der Waals surface area contributed by atoms with Gasteiger partial charge in [0.05, 0.1) is 10.2 Å². The monoisotopic (exact) mass is 309 g/mol. The summed E-state index contributed by atoms with van der Waals surface area (Å²) in [6.45, 7) is 0. The SMILES string of the molecule is O=[N+]([O-])C1=CCC(Sc2cccc(Cl)c2)c2nonc21. The van der Waals surface area contributed by atoms with Crippen molar-refractivity contribution in [2.45, 2.75) is 16.6 Å². The summed E-state index contributed by atoms with van der Waals surface area (Å²) in [6.07, 6.45) is 2.05. The second kappa shape index (κ2) is 5.26. The maximum Gasteiger partial charge on any atom is 0.296 e. The van der Waals surface area contributed by atoms with Crippen LogP contribution in [-0.2, 0) is 0 Å². The Kier molecular flexibility index (Phi) is 3.45. The Morgan fingerprint density at radius 3 is 3.05 bits per heavy atom. The molecule has 0 bridgehead atoms. The molecule has 0 saturated heterocycles. The number of nitro groups is 1. The van der Waals surface area contributed by atoms with Crippen molar-refractivity contribution >= 4 is 29.1 Å². The minimum Gasteiger partial charge on any atom is -0.258 e. The Morgan fingerprint density at radius 1 is 1.45 bits per heavy atom. The van der Waals surface area contributed by atoms with Gasteiger partial charge in [-0.1, -0.05) is 22.8 Å². The Hall–Kier alpha value is -1.86. The summed E-state index contributed by atoms with van der Waals surface area (Å²) in [6, 6.07) is 7.41. The number of rotatable bonds is 3. The molecule has 102 valence electrons. The van der Waals surface area contributed by atoms with Gasteiger partial charge in [-0.2, -0.15) is 0 Å². The van der Waals surface area contributed by atoms with E-state index in [0.29, 0.717) is 17.1 Å². The number of fused-ring (bicyclic) bond motifs is 1. The molecule has 0 spiro atoms. The van der Waals surface area contributed by atoms with Gasteiger partial charge in [0.15, 0.2) is 0 Å². The van der Waals surface area contributed by atoms with Crippen LogP contribution in [0.1, 0.15) is 23.1 Å². The molecule has 0 amide bonds. The zero-order valence-electron chi connectivity index (χ0n) is 10.0. The maximum absolute atomic E-state index is 10.9. The summed E-state index contributed by atoms with van der Waals surface area (Å²) in [5.74, 6) is 0. The molecule has 1 aromatic heterocycles. The van der Waals surface area contributed by atoms with Gasteiger partial charge in [0.1, 0.15) is 5.69 Å². The van der Waals surface area contributed by atoms with E-state index in [4.69, 9.17) is 11.6 Å². The van der Waals surface area contributed by atoms with Crippen LogP contribution in [0.15, 0.2) is 39.9 Å². The fraction of sp³-hybridized carbons (Fsp3) is 0.167. The second-order valence-corrected chi connectivity index (χ2v) is 5.86. The van der Waals surface area contributed by atoms with Crippen molar-refractivity contribution in [1.29, 1.82) is 0 Å². The second-order valence-electron chi connectivity index (χ2n) is 4.14. The molecule has 0 radical (unpaired) electrons. The van der Waals surface area contributed by atoms with Gasteiger partial charge in [0.2, 0.25) is 5.69 Å². The summed E-state index contributed by atoms with van der Waals surface area (Å²) in [5.41, 5.74) is 0.661. The van der Waals surface area contributed by atoms with E-state index in [-0.39, 0.29) is 16.6 Å². The fourth-order valence-electron chi connectivity index (χ4n) is 1.98. The fourth-order valence-corrected chi connectivity index (χ4v) is 3.38. The molecule has 0 N–H and O–H groups in total. The molecule has 0 saturated carbocycles. The molecule has 20 heavy (non-hydrogen) atoms. The van der Waals surface area contributed by atoms with Crippen molar-refractivity contribution in [2.75, 3.05) is 0 Å². The molecule has 1 atom stereocenters. The van der Waals surface area contributed by atoms with Gasteiger partial charge in [-0.15, -0.1) is 11.8 Å². The lowest BCUT2D eigenvalue weighted by atomic mass is 10.1. The van der Waals surface area contributed by atoms with Crippen LogP contribution in [-0.4, -0.2) is 15.2 Å². The summed E-state index contributed by atoms with van der Waals surface area (Å²) in [5, 5.41) is 18.9. The molecule has 1 aromatic carbocycles. The van der Waals surface area contributed by atoms with Gasteiger partial charge < -0.3 is 0 Å². The van der Waals surface area contributed by atoms with E-state index in [9.17, 15) is 10.1 Å². The number of hydrogen-bond donors (Lipinski definition) is 0. The number of halogens is 1. The van der Waals surface area contributed by atoms with Crippen molar-refractivity contribution in [3.63, 3.8) is 0 Å². The van der Waals surface area contributed by atoms with Crippen LogP contribution in [0.5, 0.6) is 0 Å². The van der Waals surface area contributed by atoms with Gasteiger partial charge in [-0.3, -0.25) is 10.1 Å². The van der Waals surface area contributed by atoms with Crippen LogP contribution in [0.25, 0.3) is 5.70 Å². The quantitative estimate of drug-likeness (QED) is 0.636. The molecular weight excluding hydrogens is 302 g/mol. The lowest BCUT2D eigenvalue weighted by Gasteiger charge is -2.15. The first-order valence-electron chi connectivity index (χ1n) is 5.75. The molecule has 0 fully saturated rings. The molecule has 1 aliphatic carbocycles. The first-order valence-corrected chi connectivity index (χ1v) is 7.00. The molecular formula is C12H8ClN3O3S. The predicted octanol–water partition coefficient (Wildman–Crippen LogP) is 3.58. The van der Waals surface area contributed by atoms with Gasteiger partial charge >= 0.3 is 0 Å². The third-order valence-electron chi connectivity index (χ3n) is 2.86. The predicted molar refractivity (Wildman–Crippen MR) is 73.9 cm³/mol. The normalized spacial score (nSPS) is 17.4. The number of aromatic nitrogens is 2. The first-order chi connectivity index (χ1) is 9.65. The molecule has 2 aromatic rings. The number of benzene rings is 1. The summed E-state index contributed by atoms with van der Waals surface area (Å²) in [4.78, 5) is 11.4. The third kappa shape index (κ3) is 2.41. The van der Waals surface area contributed by atoms with Crippen LogP contribution in [0, 0.1) is 10.1 Å². The smallest absolute Gasteiger partial charge is 0.258 e. The Balaban J connectivity index is 1.89. The third-order valence-corrected chi connectivity index (χ3v) is 4.32. The molecule has 6 nitrogen and oxygen atoms in total. The lowest BCUT2D eigenvalue weighted by Crippen LogP contribution is -2.09. The minimum atomic E-state index is -0.469. The van der Waals surface area contributed by atoms with Gasteiger partial charge in [0.25, 0.3) is 5.70 Å². The average molecular weight is 310 g/mol. The number of hydrogen-bond acceptors (Lipinski definition) is 6. The zero-order chi connectivity index (χ0) is 14.1. The highest BCUT2D eigenvalue weighted by Gasteiger charge is 2.34. The number of allylic oxidation sites excluding steroid dienone is 1. The minimum absolute atomic E-state index is 0.0517. The van der Waals surface area contributed by atoms with Crippen molar-refractivity contribution in [2.24, 2.45) is 0 Å². The molecule has 1 unspecified atom stereocenters. The largest absolute Gasteiger partial charge is 0.296 e. The summed E-state index contributed by atoms with van der Waals surface area (Å²) < 4.78 is 4.65. The van der Waals surface area contributed by atoms with Crippen molar-refractivity contribution < 1.29 is 9.55 Å². The van der Waals surface area contributed by atoms with Crippen LogP contribution >= 0.6 is 23.4 Å². The first kappa shape index (κ1) is 13.1.